The molecule has 0 aromatic heterocycles. The van der Waals surface area contributed by atoms with Gasteiger partial charge in [-0.3, -0.25) is 9.59 Å². The van der Waals surface area contributed by atoms with Crippen LogP contribution in [-0.2, 0) is 9.59 Å². The van der Waals surface area contributed by atoms with Crippen molar-refractivity contribution in [3.63, 3.8) is 0 Å². The van der Waals surface area contributed by atoms with Gasteiger partial charge in [0.15, 0.2) is 6.61 Å². The Balaban J connectivity index is 2.52. The zero-order chi connectivity index (χ0) is 15.3. The second-order valence-electron chi connectivity index (χ2n) is 4.39. The fourth-order valence-electron chi connectivity index (χ4n) is 1.39. The van der Waals surface area contributed by atoms with E-state index >= 15 is 0 Å². The Morgan fingerprint density at radius 2 is 2.05 bits per heavy atom. The summed E-state index contributed by atoms with van der Waals surface area (Å²) in [5.41, 5.74) is 0.821. The third-order valence-corrected chi connectivity index (χ3v) is 3.22. The summed E-state index contributed by atoms with van der Waals surface area (Å²) < 4.78 is 6.23. The summed E-state index contributed by atoms with van der Waals surface area (Å²) >= 11 is 9.36. The van der Waals surface area contributed by atoms with Crippen molar-refractivity contribution in [3.8, 4) is 5.75 Å². The topological polar surface area (TPSA) is 58.6 Å². The predicted octanol–water partition coefficient (Wildman–Crippen LogP) is 1.99. The Bertz CT molecular complexity index is 497. The number of carbonyl (C=O) groups excluding carboxylic acids is 2. The van der Waals surface area contributed by atoms with E-state index in [2.05, 4.69) is 21.2 Å². The van der Waals surface area contributed by atoms with Crippen molar-refractivity contribution in [2.24, 2.45) is 0 Å². The highest BCUT2D eigenvalue weighted by Gasteiger charge is 2.11. The highest BCUT2D eigenvalue weighted by molar-refractivity contribution is 9.10. The zero-order valence-corrected chi connectivity index (χ0v) is 13.8. The van der Waals surface area contributed by atoms with Crippen molar-refractivity contribution in [1.29, 1.82) is 0 Å². The molecule has 1 aromatic rings. The maximum Gasteiger partial charge on any atom is 0.258 e. The Kier molecular flexibility index (Phi) is 6.29. The molecule has 7 heteroatoms. The number of nitrogens with one attached hydrogen (secondary N) is 1. The molecule has 0 radical (unpaired) electrons. The standard InChI is InChI=1S/C13H16BrClN2O3/c1-8-4-9(14)5-10(15)13(8)20-7-11(18)16-6-12(19)17(2)3/h4-5H,6-7H2,1-3H3,(H,16,18). The summed E-state index contributed by atoms with van der Waals surface area (Å²) in [5, 5.41) is 2.90. The van der Waals surface area contributed by atoms with E-state index in [-0.39, 0.29) is 25.0 Å². The van der Waals surface area contributed by atoms with E-state index in [0.717, 1.165) is 10.0 Å². The van der Waals surface area contributed by atoms with Crippen molar-refractivity contribution in [2.75, 3.05) is 27.2 Å². The number of benzene rings is 1. The van der Waals surface area contributed by atoms with Crippen LogP contribution in [0.25, 0.3) is 0 Å². The number of carbonyl (C=O) groups is 2. The van der Waals surface area contributed by atoms with E-state index in [4.69, 9.17) is 16.3 Å². The Morgan fingerprint density at radius 3 is 2.60 bits per heavy atom. The average molecular weight is 364 g/mol. The van der Waals surface area contributed by atoms with Gasteiger partial charge in [-0.2, -0.15) is 0 Å². The third-order valence-electron chi connectivity index (χ3n) is 2.48. The molecule has 1 rings (SSSR count). The van der Waals surface area contributed by atoms with Crippen LogP contribution in [-0.4, -0.2) is 44.0 Å². The number of likely N-dealkylation sites (N-methyl/N-ethyl adjacent to an activating group) is 1. The van der Waals surface area contributed by atoms with Crippen LogP contribution in [0.2, 0.25) is 5.02 Å². The molecule has 0 saturated carbocycles. The highest BCUT2D eigenvalue weighted by atomic mass is 79.9. The summed E-state index contributed by atoms with van der Waals surface area (Å²) in [6, 6.07) is 3.53. The lowest BCUT2D eigenvalue weighted by Crippen LogP contribution is -2.38. The number of halogens is 2. The number of ether oxygens (including phenoxy) is 1. The summed E-state index contributed by atoms with van der Waals surface area (Å²) in [6.07, 6.45) is 0. The SMILES string of the molecule is Cc1cc(Br)cc(Cl)c1OCC(=O)NCC(=O)N(C)C. The van der Waals surface area contributed by atoms with Crippen LogP contribution in [0.15, 0.2) is 16.6 Å². The van der Waals surface area contributed by atoms with Crippen LogP contribution in [0.5, 0.6) is 5.75 Å². The quantitative estimate of drug-likeness (QED) is 0.870. The highest BCUT2D eigenvalue weighted by Crippen LogP contribution is 2.31. The molecule has 0 fully saturated rings. The monoisotopic (exact) mass is 362 g/mol. The van der Waals surface area contributed by atoms with Crippen molar-refractivity contribution in [2.45, 2.75) is 6.92 Å². The molecule has 0 heterocycles. The molecule has 110 valence electrons. The molecule has 0 aliphatic rings. The smallest absolute Gasteiger partial charge is 0.258 e. The fraction of sp³-hybridized carbons (Fsp3) is 0.385. The van der Waals surface area contributed by atoms with Crippen molar-refractivity contribution >= 4 is 39.3 Å². The molecule has 1 aromatic carbocycles. The van der Waals surface area contributed by atoms with Crippen molar-refractivity contribution in [1.82, 2.24) is 10.2 Å². The maximum atomic E-state index is 11.6. The number of rotatable bonds is 5. The van der Waals surface area contributed by atoms with Crippen LogP contribution in [0.4, 0.5) is 0 Å². The van der Waals surface area contributed by atoms with E-state index in [1.54, 1.807) is 20.2 Å². The lowest BCUT2D eigenvalue weighted by atomic mass is 10.2. The Labute approximate surface area is 131 Å². The van der Waals surface area contributed by atoms with Gasteiger partial charge in [-0.25, -0.2) is 0 Å². The molecule has 20 heavy (non-hydrogen) atoms. The third kappa shape index (κ3) is 5.02. The molecule has 0 bridgehead atoms. The largest absolute Gasteiger partial charge is 0.482 e. The second kappa shape index (κ2) is 7.50. The van der Waals surface area contributed by atoms with Gasteiger partial charge in [0, 0.05) is 18.6 Å². The van der Waals surface area contributed by atoms with Gasteiger partial charge < -0.3 is 15.0 Å². The van der Waals surface area contributed by atoms with Crippen molar-refractivity contribution < 1.29 is 14.3 Å². The predicted molar refractivity (Wildman–Crippen MR) is 81.1 cm³/mol. The molecule has 0 saturated heterocycles. The van der Waals surface area contributed by atoms with Crippen LogP contribution < -0.4 is 10.1 Å². The molecule has 0 atom stereocenters. The minimum absolute atomic E-state index is 0.0533. The number of aryl methyl sites for hydroxylation is 1. The number of nitrogens with zero attached hydrogens (tertiary/aromatic N) is 1. The van der Waals surface area contributed by atoms with Gasteiger partial charge in [0.25, 0.3) is 5.91 Å². The maximum absolute atomic E-state index is 11.6. The molecule has 0 aliphatic heterocycles. The minimum Gasteiger partial charge on any atom is -0.482 e. The van der Waals surface area contributed by atoms with E-state index < -0.39 is 0 Å². The van der Waals surface area contributed by atoms with Crippen LogP contribution in [0.1, 0.15) is 5.56 Å². The van der Waals surface area contributed by atoms with Gasteiger partial charge in [-0.05, 0) is 24.6 Å². The molecule has 1 N–H and O–H groups in total. The minimum atomic E-state index is -0.376. The molecular formula is C13H16BrClN2O3. The Hall–Kier alpha value is -1.27. The van der Waals surface area contributed by atoms with E-state index in [0.29, 0.717) is 10.8 Å². The molecule has 2 amide bonds. The molecule has 0 aliphatic carbocycles. The normalized spacial score (nSPS) is 10.1. The molecular weight excluding hydrogens is 348 g/mol. The van der Waals surface area contributed by atoms with Crippen LogP contribution in [0.3, 0.4) is 0 Å². The summed E-state index contributed by atoms with van der Waals surface area (Å²) in [4.78, 5) is 24.3. The number of hydrogen-bond donors (Lipinski definition) is 1. The molecule has 0 unspecified atom stereocenters. The number of amides is 2. The first-order valence-electron chi connectivity index (χ1n) is 5.86. The van der Waals surface area contributed by atoms with Gasteiger partial charge >= 0.3 is 0 Å². The first-order chi connectivity index (χ1) is 9.31. The average Bonchev–Trinajstić information content (AvgIpc) is 2.34. The lowest BCUT2D eigenvalue weighted by Gasteiger charge is -2.13. The van der Waals surface area contributed by atoms with Crippen LogP contribution in [0, 0.1) is 6.92 Å². The number of hydrogen-bond acceptors (Lipinski definition) is 3. The van der Waals surface area contributed by atoms with Gasteiger partial charge in [0.05, 0.1) is 11.6 Å². The van der Waals surface area contributed by atoms with E-state index in [1.807, 2.05) is 13.0 Å². The first-order valence-corrected chi connectivity index (χ1v) is 7.03. The van der Waals surface area contributed by atoms with Gasteiger partial charge in [-0.1, -0.05) is 27.5 Å². The van der Waals surface area contributed by atoms with Gasteiger partial charge in [-0.15, -0.1) is 0 Å². The fourth-order valence-corrected chi connectivity index (χ4v) is 2.42. The van der Waals surface area contributed by atoms with E-state index in [1.165, 1.54) is 4.90 Å². The summed E-state index contributed by atoms with van der Waals surface area (Å²) in [6.45, 7) is 1.59. The summed E-state index contributed by atoms with van der Waals surface area (Å²) in [5.74, 6) is -0.0984. The zero-order valence-electron chi connectivity index (χ0n) is 11.5. The van der Waals surface area contributed by atoms with Crippen LogP contribution >= 0.6 is 27.5 Å². The van der Waals surface area contributed by atoms with Gasteiger partial charge in [0.2, 0.25) is 5.91 Å². The first kappa shape index (κ1) is 16.8. The second-order valence-corrected chi connectivity index (χ2v) is 5.71. The lowest BCUT2D eigenvalue weighted by molar-refractivity contribution is -0.131. The van der Waals surface area contributed by atoms with Gasteiger partial charge in [0.1, 0.15) is 5.75 Å². The van der Waals surface area contributed by atoms with E-state index in [9.17, 15) is 9.59 Å². The molecule has 5 nitrogen and oxygen atoms in total. The Morgan fingerprint density at radius 1 is 1.40 bits per heavy atom. The summed E-state index contributed by atoms with van der Waals surface area (Å²) in [7, 11) is 3.24. The molecule has 0 spiro atoms. The van der Waals surface area contributed by atoms with Crippen molar-refractivity contribution in [3.05, 3.63) is 27.2 Å².